The molecule has 0 bridgehead atoms. The Morgan fingerprint density at radius 1 is 1.00 bits per heavy atom. The van der Waals surface area contributed by atoms with Gasteiger partial charge in [0, 0.05) is 23.2 Å². The number of benzene rings is 2. The molecule has 2 N–H and O–H groups in total. The standard InChI is InChI=1S/C21H21N3O2S2/c1-15-6-5-9-17(10-15)23-19(25)13-27-14-20(26)24-21-22-12-18(28-21)11-16-7-3-2-4-8-16/h2-10,12H,11,13-14H2,1H3,(H,23,25)(H,22,24,26). The molecule has 1 aromatic heterocycles. The average Bonchev–Trinajstić information content (AvgIpc) is 3.09. The van der Waals surface area contributed by atoms with E-state index in [-0.39, 0.29) is 23.3 Å². The summed E-state index contributed by atoms with van der Waals surface area (Å²) in [7, 11) is 0. The third-order valence-corrected chi connectivity index (χ3v) is 5.63. The lowest BCUT2D eigenvalue weighted by Crippen LogP contribution is -2.18. The van der Waals surface area contributed by atoms with E-state index in [9.17, 15) is 9.59 Å². The quantitative estimate of drug-likeness (QED) is 0.578. The van der Waals surface area contributed by atoms with E-state index < -0.39 is 0 Å². The minimum absolute atomic E-state index is 0.122. The van der Waals surface area contributed by atoms with Crippen molar-refractivity contribution >= 4 is 45.7 Å². The molecule has 144 valence electrons. The van der Waals surface area contributed by atoms with Crippen molar-refractivity contribution in [3.63, 3.8) is 0 Å². The molecule has 3 aromatic rings. The second kappa shape index (κ2) is 10.1. The van der Waals surface area contributed by atoms with Crippen LogP contribution in [0.5, 0.6) is 0 Å². The molecule has 2 aromatic carbocycles. The number of nitrogens with one attached hydrogen (secondary N) is 2. The van der Waals surface area contributed by atoms with Crippen molar-refractivity contribution in [1.82, 2.24) is 4.98 Å². The molecule has 7 heteroatoms. The molecule has 2 amide bonds. The van der Waals surface area contributed by atoms with Gasteiger partial charge in [0.2, 0.25) is 11.8 Å². The molecule has 0 saturated heterocycles. The van der Waals surface area contributed by atoms with Crippen molar-refractivity contribution in [2.24, 2.45) is 0 Å². The van der Waals surface area contributed by atoms with E-state index in [1.54, 1.807) is 6.20 Å². The number of carbonyl (C=O) groups excluding carboxylic acids is 2. The van der Waals surface area contributed by atoms with Gasteiger partial charge in [-0.2, -0.15) is 0 Å². The summed E-state index contributed by atoms with van der Waals surface area (Å²) in [6, 6.07) is 17.7. The first-order chi connectivity index (χ1) is 13.6. The third kappa shape index (κ3) is 6.51. The van der Waals surface area contributed by atoms with Crippen LogP contribution in [0, 0.1) is 6.92 Å². The van der Waals surface area contributed by atoms with Crippen LogP contribution in [0.4, 0.5) is 10.8 Å². The van der Waals surface area contributed by atoms with Crippen molar-refractivity contribution in [3.05, 3.63) is 76.8 Å². The number of thiazole rings is 1. The largest absolute Gasteiger partial charge is 0.325 e. The molecule has 0 fully saturated rings. The van der Waals surface area contributed by atoms with E-state index >= 15 is 0 Å². The molecule has 3 rings (SSSR count). The Hall–Kier alpha value is -2.64. The molecule has 0 radical (unpaired) electrons. The zero-order valence-corrected chi connectivity index (χ0v) is 17.1. The number of aryl methyl sites for hydroxylation is 1. The van der Waals surface area contributed by atoms with Crippen molar-refractivity contribution in [2.45, 2.75) is 13.3 Å². The Morgan fingerprint density at radius 2 is 1.75 bits per heavy atom. The maximum atomic E-state index is 12.1. The highest BCUT2D eigenvalue weighted by molar-refractivity contribution is 8.00. The maximum absolute atomic E-state index is 12.1. The highest BCUT2D eigenvalue weighted by Gasteiger charge is 2.09. The lowest BCUT2D eigenvalue weighted by atomic mass is 10.1. The molecule has 0 saturated carbocycles. The van der Waals surface area contributed by atoms with Crippen LogP contribution in [0.2, 0.25) is 0 Å². The Bertz CT molecular complexity index is 942. The highest BCUT2D eigenvalue weighted by atomic mass is 32.2. The van der Waals surface area contributed by atoms with Crippen LogP contribution in [0.1, 0.15) is 16.0 Å². The van der Waals surface area contributed by atoms with Gasteiger partial charge in [-0.15, -0.1) is 23.1 Å². The van der Waals surface area contributed by atoms with E-state index in [1.807, 2.05) is 49.4 Å². The smallest absolute Gasteiger partial charge is 0.236 e. The number of hydrogen-bond donors (Lipinski definition) is 2. The van der Waals surface area contributed by atoms with Crippen LogP contribution < -0.4 is 10.6 Å². The Morgan fingerprint density at radius 3 is 2.50 bits per heavy atom. The van der Waals surface area contributed by atoms with Gasteiger partial charge >= 0.3 is 0 Å². The fourth-order valence-electron chi connectivity index (χ4n) is 2.56. The fourth-order valence-corrected chi connectivity index (χ4v) is 4.04. The number of aromatic nitrogens is 1. The molecule has 0 unspecified atom stereocenters. The van der Waals surface area contributed by atoms with E-state index in [4.69, 9.17) is 0 Å². The molecule has 0 aliphatic heterocycles. The summed E-state index contributed by atoms with van der Waals surface area (Å²) in [6.45, 7) is 1.97. The molecule has 0 aliphatic rings. The fraction of sp³-hybridized carbons (Fsp3) is 0.190. The second-order valence-electron chi connectivity index (χ2n) is 6.25. The van der Waals surface area contributed by atoms with Gasteiger partial charge in [0.05, 0.1) is 11.5 Å². The molecule has 0 spiro atoms. The van der Waals surface area contributed by atoms with E-state index in [0.29, 0.717) is 5.13 Å². The number of hydrogen-bond acceptors (Lipinski definition) is 5. The lowest BCUT2D eigenvalue weighted by Gasteiger charge is -2.06. The lowest BCUT2D eigenvalue weighted by molar-refractivity contribution is -0.114. The van der Waals surface area contributed by atoms with E-state index in [2.05, 4.69) is 27.8 Å². The maximum Gasteiger partial charge on any atom is 0.236 e. The van der Waals surface area contributed by atoms with Gasteiger partial charge in [-0.3, -0.25) is 9.59 Å². The van der Waals surface area contributed by atoms with Crippen molar-refractivity contribution in [1.29, 1.82) is 0 Å². The summed E-state index contributed by atoms with van der Waals surface area (Å²) in [4.78, 5) is 29.4. The molecule has 0 atom stereocenters. The summed E-state index contributed by atoms with van der Waals surface area (Å²) in [5, 5.41) is 6.21. The highest BCUT2D eigenvalue weighted by Crippen LogP contribution is 2.21. The monoisotopic (exact) mass is 411 g/mol. The average molecular weight is 412 g/mol. The Labute approximate surface area is 172 Å². The van der Waals surface area contributed by atoms with Crippen molar-refractivity contribution in [3.8, 4) is 0 Å². The van der Waals surface area contributed by atoms with Crippen LogP contribution >= 0.6 is 23.1 Å². The topological polar surface area (TPSA) is 71.1 Å². The molecule has 28 heavy (non-hydrogen) atoms. The third-order valence-electron chi connectivity index (χ3n) is 3.79. The number of amides is 2. The number of anilines is 2. The Balaban J connectivity index is 1.39. The molecular weight excluding hydrogens is 390 g/mol. The summed E-state index contributed by atoms with van der Waals surface area (Å²) in [5.74, 6) is 0.143. The SMILES string of the molecule is Cc1cccc(NC(=O)CSCC(=O)Nc2ncc(Cc3ccccc3)s2)c1. The van der Waals surface area contributed by atoms with E-state index in [1.165, 1.54) is 28.7 Å². The van der Waals surface area contributed by atoms with Gasteiger partial charge in [0.1, 0.15) is 0 Å². The predicted molar refractivity (Wildman–Crippen MR) is 117 cm³/mol. The minimum Gasteiger partial charge on any atom is -0.325 e. The van der Waals surface area contributed by atoms with Crippen LogP contribution in [-0.4, -0.2) is 28.3 Å². The van der Waals surface area contributed by atoms with Crippen LogP contribution in [-0.2, 0) is 16.0 Å². The first kappa shape index (κ1) is 20.1. The normalized spacial score (nSPS) is 10.5. The van der Waals surface area contributed by atoms with Crippen molar-refractivity contribution < 1.29 is 9.59 Å². The van der Waals surface area contributed by atoms with Gasteiger partial charge in [-0.1, -0.05) is 42.5 Å². The van der Waals surface area contributed by atoms with E-state index in [0.717, 1.165) is 22.5 Å². The second-order valence-corrected chi connectivity index (χ2v) is 8.35. The van der Waals surface area contributed by atoms with Crippen LogP contribution in [0.15, 0.2) is 60.8 Å². The van der Waals surface area contributed by atoms with Crippen LogP contribution in [0.25, 0.3) is 0 Å². The van der Waals surface area contributed by atoms with Crippen molar-refractivity contribution in [2.75, 3.05) is 22.1 Å². The number of rotatable bonds is 8. The number of nitrogens with zero attached hydrogens (tertiary/aromatic N) is 1. The summed E-state index contributed by atoms with van der Waals surface area (Å²) in [6.07, 6.45) is 2.58. The van der Waals surface area contributed by atoms with Gasteiger partial charge in [0.25, 0.3) is 0 Å². The number of carbonyl (C=O) groups is 2. The first-order valence-electron chi connectivity index (χ1n) is 8.81. The molecular formula is C21H21N3O2S2. The van der Waals surface area contributed by atoms with Gasteiger partial charge in [-0.25, -0.2) is 4.98 Å². The minimum atomic E-state index is -0.158. The zero-order valence-electron chi connectivity index (χ0n) is 15.5. The number of thioether (sulfide) groups is 1. The summed E-state index contributed by atoms with van der Waals surface area (Å²) in [5.41, 5.74) is 3.06. The molecule has 5 nitrogen and oxygen atoms in total. The summed E-state index contributed by atoms with van der Waals surface area (Å²) >= 11 is 2.74. The Kier molecular flexibility index (Phi) is 7.22. The summed E-state index contributed by atoms with van der Waals surface area (Å²) < 4.78 is 0. The predicted octanol–water partition coefficient (Wildman–Crippen LogP) is 4.35. The van der Waals surface area contributed by atoms with Gasteiger partial charge < -0.3 is 10.6 Å². The van der Waals surface area contributed by atoms with Gasteiger partial charge in [0.15, 0.2) is 5.13 Å². The van der Waals surface area contributed by atoms with Gasteiger partial charge in [-0.05, 0) is 30.2 Å². The first-order valence-corrected chi connectivity index (χ1v) is 10.8. The zero-order chi connectivity index (χ0) is 19.8. The molecule has 0 aliphatic carbocycles. The van der Waals surface area contributed by atoms with Crippen LogP contribution in [0.3, 0.4) is 0 Å². The molecule has 1 heterocycles.